The number of carbonyl (C=O) groups is 1. The number of hydrogen-bond acceptors (Lipinski definition) is 6. The first-order valence-electron chi connectivity index (χ1n) is 11.1. The van der Waals surface area contributed by atoms with E-state index in [1.54, 1.807) is 0 Å². The summed E-state index contributed by atoms with van der Waals surface area (Å²) in [5.41, 5.74) is 7.41. The summed E-state index contributed by atoms with van der Waals surface area (Å²) in [6.45, 7) is 4.26. The van der Waals surface area contributed by atoms with E-state index in [1.165, 1.54) is 11.8 Å². The Hall–Kier alpha value is -3.78. The van der Waals surface area contributed by atoms with Crippen LogP contribution in [0.5, 0.6) is 5.75 Å². The van der Waals surface area contributed by atoms with Crippen molar-refractivity contribution in [3.05, 3.63) is 101 Å². The fourth-order valence-corrected chi connectivity index (χ4v) is 4.94. The number of aromatic nitrogens is 3. The van der Waals surface area contributed by atoms with Crippen LogP contribution in [-0.2, 0) is 11.4 Å². The number of thioether (sulfide) groups is 1. The lowest BCUT2D eigenvalue weighted by atomic mass is 10.0. The third-order valence-electron chi connectivity index (χ3n) is 5.68. The number of para-hydroxylation sites is 1. The molecule has 1 aliphatic heterocycles. The predicted molar refractivity (Wildman–Crippen MR) is 134 cm³/mol. The summed E-state index contributed by atoms with van der Waals surface area (Å²) in [5.74, 6) is 1.31. The van der Waals surface area contributed by atoms with E-state index in [4.69, 9.17) is 4.74 Å². The molecule has 5 rings (SSSR count). The molecule has 2 heterocycles. The van der Waals surface area contributed by atoms with Gasteiger partial charge in [-0.1, -0.05) is 72.4 Å². The number of rotatable bonds is 6. The number of fused-ring (bicyclic) bond motifs is 1. The summed E-state index contributed by atoms with van der Waals surface area (Å²) in [6.07, 6.45) is 0. The first-order chi connectivity index (χ1) is 16.6. The highest BCUT2D eigenvalue weighted by Gasteiger charge is 2.38. The molecular formula is C26H25N5O2S. The largest absolute Gasteiger partial charge is 0.486 e. The molecule has 8 heteroatoms. The van der Waals surface area contributed by atoms with Crippen molar-refractivity contribution in [3.63, 3.8) is 0 Å². The number of aryl methyl sites for hydroxylation is 2. The highest BCUT2D eigenvalue weighted by molar-refractivity contribution is 8.00. The summed E-state index contributed by atoms with van der Waals surface area (Å²) in [4.78, 5) is 13.5. The van der Waals surface area contributed by atoms with Gasteiger partial charge < -0.3 is 15.5 Å². The van der Waals surface area contributed by atoms with Gasteiger partial charge in [-0.05, 0) is 48.7 Å². The molecule has 2 atom stereocenters. The Kier molecular flexibility index (Phi) is 6.22. The number of anilines is 1. The highest BCUT2D eigenvalue weighted by atomic mass is 32.2. The van der Waals surface area contributed by atoms with Crippen molar-refractivity contribution in [3.8, 4) is 5.75 Å². The van der Waals surface area contributed by atoms with E-state index in [-0.39, 0.29) is 18.6 Å². The molecule has 0 saturated carbocycles. The minimum atomic E-state index is -0.443. The minimum absolute atomic E-state index is 0.0867. The predicted octanol–water partition coefficient (Wildman–Crippen LogP) is 4.87. The zero-order valence-electron chi connectivity index (χ0n) is 18.9. The maximum atomic E-state index is 13.5. The van der Waals surface area contributed by atoms with Crippen molar-refractivity contribution in [1.29, 1.82) is 0 Å². The molecule has 2 unspecified atom stereocenters. The SMILES string of the molecule is Cc1ccc(C)c(NC(=O)C2Sc3nnc(COc4ccccc4)n3NC2c2ccccc2)c1. The van der Waals surface area contributed by atoms with E-state index in [0.717, 1.165) is 28.1 Å². The molecule has 4 aromatic rings. The molecule has 3 aromatic carbocycles. The molecule has 0 spiro atoms. The van der Waals surface area contributed by atoms with E-state index < -0.39 is 5.25 Å². The monoisotopic (exact) mass is 471 g/mol. The second kappa shape index (κ2) is 9.61. The number of amides is 1. The van der Waals surface area contributed by atoms with Crippen LogP contribution in [0.2, 0.25) is 0 Å². The molecular weight excluding hydrogens is 446 g/mol. The molecule has 172 valence electrons. The van der Waals surface area contributed by atoms with Gasteiger partial charge in [-0.3, -0.25) is 4.79 Å². The third-order valence-corrected chi connectivity index (χ3v) is 6.90. The Balaban J connectivity index is 1.42. The number of hydrogen-bond donors (Lipinski definition) is 2. The van der Waals surface area contributed by atoms with Crippen LogP contribution in [-0.4, -0.2) is 26.0 Å². The van der Waals surface area contributed by atoms with Gasteiger partial charge in [-0.2, -0.15) is 0 Å². The molecule has 1 aliphatic rings. The lowest BCUT2D eigenvalue weighted by molar-refractivity contribution is -0.116. The Bertz CT molecular complexity index is 1290. The molecule has 7 nitrogen and oxygen atoms in total. The van der Waals surface area contributed by atoms with Crippen LogP contribution in [0.1, 0.15) is 28.6 Å². The first kappa shape index (κ1) is 22.0. The number of ether oxygens (including phenoxy) is 1. The van der Waals surface area contributed by atoms with Gasteiger partial charge in [-0.15, -0.1) is 10.2 Å². The number of nitrogens with zero attached hydrogens (tertiary/aromatic N) is 3. The second-order valence-corrected chi connectivity index (χ2v) is 9.31. The third kappa shape index (κ3) is 4.63. The van der Waals surface area contributed by atoms with Gasteiger partial charge in [0.25, 0.3) is 0 Å². The van der Waals surface area contributed by atoms with Crippen LogP contribution in [0.3, 0.4) is 0 Å². The van der Waals surface area contributed by atoms with Crippen LogP contribution in [0, 0.1) is 13.8 Å². The van der Waals surface area contributed by atoms with Crippen molar-refractivity contribution >= 4 is 23.4 Å². The summed E-state index contributed by atoms with van der Waals surface area (Å²) in [7, 11) is 0. The van der Waals surface area contributed by atoms with Crippen molar-refractivity contribution < 1.29 is 9.53 Å². The van der Waals surface area contributed by atoms with E-state index in [2.05, 4.69) is 20.9 Å². The summed E-state index contributed by atoms with van der Waals surface area (Å²) < 4.78 is 7.71. The topological polar surface area (TPSA) is 81.1 Å². The Morgan fingerprint density at radius 1 is 1.03 bits per heavy atom. The smallest absolute Gasteiger partial charge is 0.240 e. The van der Waals surface area contributed by atoms with Crippen LogP contribution in [0.25, 0.3) is 0 Å². The Morgan fingerprint density at radius 2 is 1.76 bits per heavy atom. The van der Waals surface area contributed by atoms with Crippen LogP contribution < -0.4 is 15.5 Å². The normalized spacial score (nSPS) is 16.9. The molecule has 1 amide bonds. The molecule has 2 N–H and O–H groups in total. The first-order valence-corrected chi connectivity index (χ1v) is 11.9. The molecule has 0 aliphatic carbocycles. The lowest BCUT2D eigenvalue weighted by Crippen LogP contribution is -2.41. The van der Waals surface area contributed by atoms with Crippen LogP contribution >= 0.6 is 11.8 Å². The maximum absolute atomic E-state index is 13.5. The standard InChI is InChI=1S/C26H25N5O2S/c1-17-13-14-18(2)21(15-17)27-25(32)24-23(19-9-5-3-6-10-19)30-31-22(28-29-26(31)34-24)16-33-20-11-7-4-8-12-20/h3-15,23-24,30H,16H2,1-2H3,(H,27,32). The second-order valence-electron chi connectivity index (χ2n) is 8.20. The van der Waals surface area contributed by atoms with Crippen LogP contribution in [0.4, 0.5) is 5.69 Å². The van der Waals surface area contributed by atoms with Crippen molar-refractivity contribution in [1.82, 2.24) is 14.9 Å². The van der Waals surface area contributed by atoms with Crippen molar-refractivity contribution in [2.75, 3.05) is 10.7 Å². The van der Waals surface area contributed by atoms with Gasteiger partial charge in [0, 0.05) is 5.69 Å². The fourth-order valence-electron chi connectivity index (χ4n) is 3.84. The molecule has 0 saturated heterocycles. The van der Waals surface area contributed by atoms with Gasteiger partial charge in [0.1, 0.15) is 17.6 Å². The average Bonchev–Trinajstić information content (AvgIpc) is 3.27. The molecule has 1 aromatic heterocycles. The van der Waals surface area contributed by atoms with Crippen LogP contribution in [0.15, 0.2) is 84.0 Å². The van der Waals surface area contributed by atoms with Gasteiger partial charge in [0.05, 0.1) is 6.04 Å². The van der Waals surface area contributed by atoms with E-state index in [1.807, 2.05) is 97.4 Å². The van der Waals surface area contributed by atoms with Crippen molar-refractivity contribution in [2.24, 2.45) is 0 Å². The summed E-state index contributed by atoms with van der Waals surface area (Å²) >= 11 is 1.40. The van der Waals surface area contributed by atoms with Gasteiger partial charge >= 0.3 is 0 Å². The zero-order chi connectivity index (χ0) is 23.5. The minimum Gasteiger partial charge on any atom is -0.486 e. The van der Waals surface area contributed by atoms with E-state index in [0.29, 0.717) is 11.0 Å². The average molecular weight is 472 g/mol. The Labute approximate surface area is 202 Å². The fraction of sp³-hybridized carbons (Fsp3) is 0.192. The Morgan fingerprint density at radius 3 is 2.53 bits per heavy atom. The number of benzene rings is 3. The van der Waals surface area contributed by atoms with E-state index >= 15 is 0 Å². The van der Waals surface area contributed by atoms with Gasteiger partial charge in [0.2, 0.25) is 11.1 Å². The maximum Gasteiger partial charge on any atom is 0.240 e. The summed E-state index contributed by atoms with van der Waals surface area (Å²) in [5, 5.41) is 11.9. The summed E-state index contributed by atoms with van der Waals surface area (Å²) in [6, 6.07) is 25.3. The molecule has 34 heavy (non-hydrogen) atoms. The van der Waals surface area contributed by atoms with Gasteiger partial charge in [-0.25, -0.2) is 4.68 Å². The highest BCUT2D eigenvalue weighted by Crippen LogP contribution is 2.37. The van der Waals surface area contributed by atoms with Crippen molar-refractivity contribution in [2.45, 2.75) is 36.9 Å². The molecule has 0 bridgehead atoms. The van der Waals surface area contributed by atoms with E-state index in [9.17, 15) is 4.79 Å². The molecule has 0 radical (unpaired) electrons. The molecule has 0 fully saturated rings. The number of carbonyl (C=O) groups excluding carboxylic acids is 1. The van der Waals surface area contributed by atoms with Gasteiger partial charge in [0.15, 0.2) is 5.82 Å². The zero-order valence-corrected chi connectivity index (χ0v) is 19.8. The number of nitrogens with one attached hydrogen (secondary N) is 2. The quantitative estimate of drug-likeness (QED) is 0.418. The lowest BCUT2D eigenvalue weighted by Gasteiger charge is -2.33.